The second-order valence-electron chi connectivity index (χ2n) is 6.20. The first-order valence-corrected chi connectivity index (χ1v) is 8.68. The summed E-state index contributed by atoms with van der Waals surface area (Å²) in [5, 5.41) is 7.31. The van der Waals surface area contributed by atoms with Crippen molar-refractivity contribution in [2.75, 3.05) is 5.32 Å². The SMILES string of the molecule is O=C(NC1CC(c2ccccc2)C1)c1cnc(NC2CC2)s1. The van der Waals surface area contributed by atoms with Crippen LogP contribution in [0.1, 0.15) is 46.8 Å². The largest absolute Gasteiger partial charge is 0.359 e. The average Bonchev–Trinajstić information content (AvgIpc) is 3.18. The van der Waals surface area contributed by atoms with Crippen molar-refractivity contribution in [2.45, 2.75) is 43.7 Å². The predicted molar refractivity (Wildman–Crippen MR) is 88.4 cm³/mol. The molecule has 4 rings (SSSR count). The Hall–Kier alpha value is -1.88. The zero-order valence-electron chi connectivity index (χ0n) is 12.3. The van der Waals surface area contributed by atoms with Gasteiger partial charge in [-0.3, -0.25) is 4.79 Å². The average molecular weight is 313 g/mol. The lowest BCUT2D eigenvalue weighted by atomic mass is 9.76. The molecule has 1 amide bonds. The monoisotopic (exact) mass is 313 g/mol. The lowest BCUT2D eigenvalue weighted by Crippen LogP contribution is -2.43. The second kappa shape index (κ2) is 5.72. The maximum absolute atomic E-state index is 12.2. The number of hydrogen-bond donors (Lipinski definition) is 2. The van der Waals surface area contributed by atoms with Crippen LogP contribution in [0.2, 0.25) is 0 Å². The van der Waals surface area contributed by atoms with Gasteiger partial charge in [0.25, 0.3) is 5.91 Å². The van der Waals surface area contributed by atoms with Crippen LogP contribution < -0.4 is 10.6 Å². The van der Waals surface area contributed by atoms with Gasteiger partial charge in [-0.15, -0.1) is 0 Å². The van der Waals surface area contributed by atoms with E-state index in [1.54, 1.807) is 6.20 Å². The molecule has 0 unspecified atom stereocenters. The van der Waals surface area contributed by atoms with Crippen LogP contribution in [0.15, 0.2) is 36.5 Å². The van der Waals surface area contributed by atoms with Crippen molar-refractivity contribution in [3.8, 4) is 0 Å². The van der Waals surface area contributed by atoms with E-state index in [2.05, 4.69) is 39.9 Å². The summed E-state index contributed by atoms with van der Waals surface area (Å²) in [6.45, 7) is 0. The summed E-state index contributed by atoms with van der Waals surface area (Å²) in [5.74, 6) is 0.595. The molecule has 2 aromatic rings. The number of rotatable bonds is 5. The van der Waals surface area contributed by atoms with E-state index in [1.807, 2.05) is 6.07 Å². The highest BCUT2D eigenvalue weighted by atomic mass is 32.1. The summed E-state index contributed by atoms with van der Waals surface area (Å²) in [4.78, 5) is 17.2. The van der Waals surface area contributed by atoms with Crippen LogP contribution in [0.3, 0.4) is 0 Å². The molecule has 1 aromatic carbocycles. The number of nitrogens with zero attached hydrogens (tertiary/aromatic N) is 1. The molecule has 0 saturated heterocycles. The quantitative estimate of drug-likeness (QED) is 0.889. The molecule has 2 fully saturated rings. The lowest BCUT2D eigenvalue weighted by molar-refractivity contribution is 0.0913. The van der Waals surface area contributed by atoms with Gasteiger partial charge >= 0.3 is 0 Å². The smallest absolute Gasteiger partial charge is 0.263 e. The van der Waals surface area contributed by atoms with Gasteiger partial charge in [0.15, 0.2) is 5.13 Å². The fourth-order valence-electron chi connectivity index (χ4n) is 2.84. The summed E-state index contributed by atoms with van der Waals surface area (Å²) in [6.07, 6.45) is 6.16. The summed E-state index contributed by atoms with van der Waals surface area (Å²) in [7, 11) is 0. The first-order chi connectivity index (χ1) is 10.8. The summed E-state index contributed by atoms with van der Waals surface area (Å²) < 4.78 is 0. The molecule has 0 spiro atoms. The highest BCUT2D eigenvalue weighted by molar-refractivity contribution is 7.17. The van der Waals surface area contributed by atoms with E-state index in [-0.39, 0.29) is 5.91 Å². The van der Waals surface area contributed by atoms with Crippen molar-refractivity contribution in [3.63, 3.8) is 0 Å². The number of nitrogens with one attached hydrogen (secondary N) is 2. The zero-order chi connectivity index (χ0) is 14.9. The Morgan fingerprint density at radius 2 is 1.91 bits per heavy atom. The molecule has 0 aliphatic heterocycles. The minimum absolute atomic E-state index is 0.0119. The molecule has 0 bridgehead atoms. The molecule has 1 heterocycles. The molecule has 2 aliphatic carbocycles. The summed E-state index contributed by atoms with van der Waals surface area (Å²) in [6, 6.07) is 11.4. The number of aromatic nitrogens is 1. The fourth-order valence-corrected chi connectivity index (χ4v) is 3.63. The molecule has 22 heavy (non-hydrogen) atoms. The molecular weight excluding hydrogens is 294 g/mol. The lowest BCUT2D eigenvalue weighted by Gasteiger charge is -2.36. The van der Waals surface area contributed by atoms with Crippen molar-refractivity contribution in [2.24, 2.45) is 0 Å². The standard InChI is InChI=1S/C17H19N3OS/c21-16(15-10-18-17(22-15)20-13-6-7-13)19-14-8-12(9-14)11-4-2-1-3-5-11/h1-5,10,12-14H,6-9H2,(H,18,20)(H,19,21). The Morgan fingerprint density at radius 1 is 1.14 bits per heavy atom. The number of carbonyl (C=O) groups is 1. The Balaban J connectivity index is 1.29. The molecule has 2 N–H and O–H groups in total. The molecule has 1 aromatic heterocycles. The van der Waals surface area contributed by atoms with Gasteiger partial charge in [-0.25, -0.2) is 4.98 Å². The van der Waals surface area contributed by atoms with Gasteiger partial charge in [-0.1, -0.05) is 41.7 Å². The molecule has 4 nitrogen and oxygen atoms in total. The Kier molecular flexibility index (Phi) is 3.58. The van der Waals surface area contributed by atoms with E-state index in [0.29, 0.717) is 22.9 Å². The third-order valence-electron chi connectivity index (χ3n) is 4.38. The van der Waals surface area contributed by atoms with Crippen molar-refractivity contribution in [1.29, 1.82) is 0 Å². The van der Waals surface area contributed by atoms with Crippen molar-refractivity contribution in [3.05, 3.63) is 47.0 Å². The van der Waals surface area contributed by atoms with Gasteiger partial charge in [-0.2, -0.15) is 0 Å². The minimum Gasteiger partial charge on any atom is -0.359 e. The highest BCUT2D eigenvalue weighted by Gasteiger charge is 2.31. The summed E-state index contributed by atoms with van der Waals surface area (Å²) >= 11 is 1.45. The molecule has 2 saturated carbocycles. The number of benzene rings is 1. The molecule has 2 aliphatic rings. The van der Waals surface area contributed by atoms with Crippen LogP contribution in [0.25, 0.3) is 0 Å². The van der Waals surface area contributed by atoms with Gasteiger partial charge in [-0.05, 0) is 37.2 Å². The Labute approximate surface area is 134 Å². The van der Waals surface area contributed by atoms with Gasteiger partial charge < -0.3 is 10.6 Å². The van der Waals surface area contributed by atoms with Gasteiger partial charge in [0.1, 0.15) is 4.88 Å². The maximum Gasteiger partial charge on any atom is 0.263 e. The number of anilines is 1. The van der Waals surface area contributed by atoms with Gasteiger partial charge in [0, 0.05) is 12.1 Å². The van der Waals surface area contributed by atoms with Crippen molar-refractivity contribution in [1.82, 2.24) is 10.3 Å². The third kappa shape index (κ3) is 2.99. The normalized spacial score (nSPS) is 23.6. The van der Waals surface area contributed by atoms with E-state index in [9.17, 15) is 4.79 Å². The van der Waals surface area contributed by atoms with E-state index >= 15 is 0 Å². The van der Waals surface area contributed by atoms with E-state index in [1.165, 1.54) is 29.7 Å². The number of thiazole rings is 1. The zero-order valence-corrected chi connectivity index (χ0v) is 13.1. The predicted octanol–water partition coefficient (Wildman–Crippen LogP) is 3.39. The third-order valence-corrected chi connectivity index (χ3v) is 5.31. The first-order valence-electron chi connectivity index (χ1n) is 7.86. The molecule has 0 radical (unpaired) electrons. The van der Waals surface area contributed by atoms with Gasteiger partial charge in [0.05, 0.1) is 6.20 Å². The number of carbonyl (C=O) groups excluding carboxylic acids is 1. The molecular formula is C17H19N3OS. The van der Waals surface area contributed by atoms with Crippen LogP contribution in [-0.4, -0.2) is 23.0 Å². The van der Waals surface area contributed by atoms with Crippen LogP contribution in [-0.2, 0) is 0 Å². The molecule has 0 atom stereocenters. The highest BCUT2D eigenvalue weighted by Crippen LogP contribution is 2.37. The summed E-state index contributed by atoms with van der Waals surface area (Å²) in [5.41, 5.74) is 1.38. The Morgan fingerprint density at radius 3 is 2.64 bits per heavy atom. The van der Waals surface area contributed by atoms with Crippen LogP contribution in [0, 0.1) is 0 Å². The van der Waals surface area contributed by atoms with E-state index in [4.69, 9.17) is 0 Å². The number of hydrogen-bond acceptors (Lipinski definition) is 4. The topological polar surface area (TPSA) is 54.0 Å². The van der Waals surface area contributed by atoms with Crippen LogP contribution >= 0.6 is 11.3 Å². The Bertz CT molecular complexity index is 660. The molecule has 114 valence electrons. The fraction of sp³-hybridized carbons (Fsp3) is 0.412. The molecule has 5 heteroatoms. The minimum atomic E-state index is 0.0119. The van der Waals surface area contributed by atoms with Crippen LogP contribution in [0.5, 0.6) is 0 Å². The van der Waals surface area contributed by atoms with E-state index in [0.717, 1.165) is 18.0 Å². The van der Waals surface area contributed by atoms with Crippen molar-refractivity contribution >= 4 is 22.4 Å². The van der Waals surface area contributed by atoms with Gasteiger partial charge in [0.2, 0.25) is 0 Å². The number of amides is 1. The second-order valence-corrected chi connectivity index (χ2v) is 7.23. The maximum atomic E-state index is 12.2. The first kappa shape index (κ1) is 13.8. The van der Waals surface area contributed by atoms with Crippen LogP contribution in [0.4, 0.5) is 5.13 Å². The van der Waals surface area contributed by atoms with E-state index < -0.39 is 0 Å². The van der Waals surface area contributed by atoms with Crippen molar-refractivity contribution < 1.29 is 4.79 Å².